The average molecular weight is 415 g/mol. The fourth-order valence-corrected chi connectivity index (χ4v) is 2.54. The molecule has 0 saturated carbocycles. The topological polar surface area (TPSA) is 143 Å². The van der Waals surface area contributed by atoms with Crippen molar-refractivity contribution in [2.45, 2.75) is 26.4 Å². The molecule has 0 spiro atoms. The molecule has 0 aliphatic heterocycles. The molecule has 0 saturated heterocycles. The van der Waals surface area contributed by atoms with Crippen LogP contribution in [0.5, 0.6) is 11.5 Å². The van der Waals surface area contributed by atoms with Gasteiger partial charge in [0.2, 0.25) is 5.91 Å². The van der Waals surface area contributed by atoms with Crippen LogP contribution in [0, 0.1) is 10.1 Å². The van der Waals surface area contributed by atoms with Gasteiger partial charge < -0.3 is 25.3 Å². The number of nitrogens with two attached hydrogens (primary N) is 1. The fourth-order valence-electron chi connectivity index (χ4n) is 2.16. The van der Waals surface area contributed by atoms with E-state index < -0.39 is 10.2 Å². The third-order valence-electron chi connectivity index (χ3n) is 3.44. The summed E-state index contributed by atoms with van der Waals surface area (Å²) in [5.41, 5.74) is 5.26. The van der Waals surface area contributed by atoms with Crippen LogP contribution >= 0.6 is 11.8 Å². The standard InChI is InChI=1S/C17H25N3O7S/c1-3-28-17(22)27-11-12-9-14(25-2)15(10-13(12)20(23)24)26-8-4-5-16(21)19-7-6-18/h9-10H,3-8,11,18H2,1-2H3,(H,19,21). The van der Waals surface area contributed by atoms with E-state index in [0.717, 1.165) is 11.8 Å². The lowest BCUT2D eigenvalue weighted by Crippen LogP contribution is -2.29. The minimum Gasteiger partial charge on any atom is -0.493 e. The molecule has 0 aliphatic carbocycles. The number of nitrogens with one attached hydrogen (secondary N) is 1. The fraction of sp³-hybridized carbons (Fsp3) is 0.529. The second kappa shape index (κ2) is 12.8. The molecule has 1 rings (SSSR count). The van der Waals surface area contributed by atoms with Gasteiger partial charge in [0.1, 0.15) is 6.61 Å². The third kappa shape index (κ3) is 8.01. The number of hydrogen-bond donors (Lipinski definition) is 2. The number of hydrogen-bond acceptors (Lipinski definition) is 9. The summed E-state index contributed by atoms with van der Waals surface area (Å²) in [6.45, 7) is 2.49. The highest BCUT2D eigenvalue weighted by Crippen LogP contribution is 2.35. The molecule has 1 aromatic carbocycles. The first-order chi connectivity index (χ1) is 13.4. The van der Waals surface area contributed by atoms with Crippen LogP contribution in [0.3, 0.4) is 0 Å². The second-order valence-electron chi connectivity index (χ2n) is 5.45. The molecule has 10 nitrogen and oxygen atoms in total. The molecule has 0 fully saturated rings. The van der Waals surface area contributed by atoms with Crippen molar-refractivity contribution in [1.29, 1.82) is 0 Å². The van der Waals surface area contributed by atoms with Crippen LogP contribution in [0.4, 0.5) is 10.5 Å². The Morgan fingerprint density at radius 3 is 2.68 bits per heavy atom. The van der Waals surface area contributed by atoms with E-state index in [2.05, 4.69) is 5.32 Å². The first-order valence-electron chi connectivity index (χ1n) is 8.67. The van der Waals surface area contributed by atoms with Crippen LogP contribution in [0.2, 0.25) is 0 Å². The molecule has 3 N–H and O–H groups in total. The molecule has 11 heteroatoms. The number of ether oxygens (including phenoxy) is 3. The maximum atomic E-state index is 11.5. The van der Waals surface area contributed by atoms with Crippen molar-refractivity contribution in [2.75, 3.05) is 32.6 Å². The number of benzene rings is 1. The van der Waals surface area contributed by atoms with Crippen molar-refractivity contribution in [3.8, 4) is 11.5 Å². The molecular weight excluding hydrogens is 390 g/mol. The summed E-state index contributed by atoms with van der Waals surface area (Å²) in [5.74, 6) is 0.845. The Balaban J connectivity index is 2.78. The third-order valence-corrected chi connectivity index (χ3v) is 4.08. The lowest BCUT2D eigenvalue weighted by molar-refractivity contribution is -0.385. The van der Waals surface area contributed by atoms with Crippen LogP contribution in [0.15, 0.2) is 12.1 Å². The van der Waals surface area contributed by atoms with E-state index in [1.165, 1.54) is 19.2 Å². The van der Waals surface area contributed by atoms with E-state index in [4.69, 9.17) is 19.9 Å². The van der Waals surface area contributed by atoms with Crippen molar-refractivity contribution < 1.29 is 28.7 Å². The zero-order valence-electron chi connectivity index (χ0n) is 15.9. The molecule has 0 bridgehead atoms. The second-order valence-corrected chi connectivity index (χ2v) is 6.65. The Kier molecular flexibility index (Phi) is 10.7. The quantitative estimate of drug-likeness (QED) is 0.227. The Morgan fingerprint density at radius 1 is 1.32 bits per heavy atom. The van der Waals surface area contributed by atoms with E-state index >= 15 is 0 Å². The molecular formula is C17H25N3O7S. The molecule has 0 heterocycles. The summed E-state index contributed by atoms with van der Waals surface area (Å²) in [6, 6.07) is 2.63. The molecule has 1 aromatic rings. The smallest absolute Gasteiger partial charge is 0.367 e. The number of carbonyl (C=O) groups is 2. The van der Waals surface area contributed by atoms with Gasteiger partial charge in [-0.25, -0.2) is 4.79 Å². The van der Waals surface area contributed by atoms with Crippen molar-refractivity contribution in [3.05, 3.63) is 27.8 Å². The Labute approximate surface area is 167 Å². The number of rotatable bonds is 12. The van der Waals surface area contributed by atoms with Gasteiger partial charge in [0.15, 0.2) is 11.5 Å². The largest absolute Gasteiger partial charge is 0.493 e. The van der Waals surface area contributed by atoms with Crippen LogP contribution < -0.4 is 20.5 Å². The van der Waals surface area contributed by atoms with Crippen LogP contribution in [0.25, 0.3) is 0 Å². The summed E-state index contributed by atoms with van der Waals surface area (Å²) in [5, 5.41) is 13.5. The van der Waals surface area contributed by atoms with Crippen LogP contribution in [0.1, 0.15) is 25.3 Å². The number of nitro groups is 1. The van der Waals surface area contributed by atoms with Gasteiger partial charge in [-0.05, 0) is 24.2 Å². The van der Waals surface area contributed by atoms with Crippen molar-refractivity contribution in [1.82, 2.24) is 5.32 Å². The van der Waals surface area contributed by atoms with Gasteiger partial charge >= 0.3 is 5.30 Å². The van der Waals surface area contributed by atoms with E-state index in [1.54, 1.807) is 6.92 Å². The zero-order chi connectivity index (χ0) is 20.9. The summed E-state index contributed by atoms with van der Waals surface area (Å²) in [7, 11) is 1.40. The predicted octanol–water partition coefficient (Wildman–Crippen LogP) is 2.23. The van der Waals surface area contributed by atoms with Crippen molar-refractivity contribution in [2.24, 2.45) is 5.73 Å². The maximum absolute atomic E-state index is 11.5. The van der Waals surface area contributed by atoms with Crippen LogP contribution in [-0.2, 0) is 16.1 Å². The molecule has 0 atom stereocenters. The monoisotopic (exact) mass is 415 g/mol. The zero-order valence-corrected chi connectivity index (χ0v) is 16.7. The number of nitrogens with zero attached hydrogens (tertiary/aromatic N) is 1. The Morgan fingerprint density at radius 2 is 2.07 bits per heavy atom. The minimum absolute atomic E-state index is 0.144. The van der Waals surface area contributed by atoms with Gasteiger partial charge in [-0.2, -0.15) is 0 Å². The highest BCUT2D eigenvalue weighted by molar-refractivity contribution is 8.13. The molecule has 0 unspecified atom stereocenters. The predicted molar refractivity (Wildman–Crippen MR) is 105 cm³/mol. The SMILES string of the molecule is CCSC(=O)OCc1cc(OC)c(OCCCC(=O)NCCN)cc1[N+](=O)[O-]. The van der Waals surface area contributed by atoms with Crippen molar-refractivity contribution in [3.63, 3.8) is 0 Å². The van der Waals surface area contributed by atoms with Gasteiger partial charge in [0.25, 0.3) is 5.69 Å². The molecule has 28 heavy (non-hydrogen) atoms. The van der Waals surface area contributed by atoms with E-state index in [0.29, 0.717) is 25.3 Å². The van der Waals surface area contributed by atoms with Crippen molar-refractivity contribution >= 4 is 28.7 Å². The number of nitro benzene ring substituents is 1. The summed E-state index contributed by atoms with van der Waals surface area (Å²) < 4.78 is 15.8. The van der Waals surface area contributed by atoms with E-state index in [1.807, 2.05) is 0 Å². The number of amides is 1. The highest BCUT2D eigenvalue weighted by Gasteiger charge is 2.21. The molecule has 0 aliphatic rings. The minimum atomic E-state index is -0.581. The first-order valence-corrected chi connectivity index (χ1v) is 9.65. The first kappa shape index (κ1) is 23.5. The van der Waals surface area contributed by atoms with E-state index in [-0.39, 0.29) is 48.3 Å². The van der Waals surface area contributed by atoms with E-state index in [9.17, 15) is 19.7 Å². The number of carbonyl (C=O) groups excluding carboxylic acids is 2. The Hall–Kier alpha value is -2.53. The maximum Gasteiger partial charge on any atom is 0.367 e. The normalized spacial score (nSPS) is 10.2. The van der Waals surface area contributed by atoms with Crippen LogP contribution in [-0.4, -0.2) is 48.7 Å². The van der Waals surface area contributed by atoms with Gasteiger partial charge in [-0.1, -0.05) is 6.92 Å². The highest BCUT2D eigenvalue weighted by atomic mass is 32.2. The van der Waals surface area contributed by atoms with Gasteiger partial charge in [0, 0.05) is 25.3 Å². The Bertz CT molecular complexity index is 685. The molecule has 1 amide bonds. The van der Waals surface area contributed by atoms with Gasteiger partial charge in [-0.3, -0.25) is 14.9 Å². The van der Waals surface area contributed by atoms with Gasteiger partial charge in [-0.15, -0.1) is 0 Å². The average Bonchev–Trinajstić information content (AvgIpc) is 2.67. The molecule has 156 valence electrons. The lowest BCUT2D eigenvalue weighted by Gasteiger charge is -2.13. The molecule has 0 radical (unpaired) electrons. The summed E-state index contributed by atoms with van der Waals surface area (Å²) >= 11 is 0.972. The lowest BCUT2D eigenvalue weighted by atomic mass is 10.1. The summed E-state index contributed by atoms with van der Waals surface area (Å²) in [4.78, 5) is 33.8. The number of thioether (sulfide) groups is 1. The molecule has 0 aromatic heterocycles. The van der Waals surface area contributed by atoms with Gasteiger partial charge in [0.05, 0.1) is 30.3 Å². The number of methoxy groups -OCH3 is 1. The summed E-state index contributed by atoms with van der Waals surface area (Å²) in [6.07, 6.45) is 0.661.